The third-order valence-electron chi connectivity index (χ3n) is 9.69. The second kappa shape index (κ2) is 13.6. The van der Waals surface area contributed by atoms with Crippen LogP contribution in [0.2, 0.25) is 0 Å². The van der Waals surface area contributed by atoms with Gasteiger partial charge in [0, 0.05) is 16.5 Å². The van der Waals surface area contributed by atoms with Crippen molar-refractivity contribution in [2.45, 2.75) is 11.8 Å². The number of nitrogens with zero attached hydrogens (tertiary/aromatic N) is 2. The number of rotatable bonds is 8. The molecular formula is C48H36N2. The highest BCUT2D eigenvalue weighted by Gasteiger charge is 2.43. The van der Waals surface area contributed by atoms with E-state index in [-0.39, 0.29) is 5.41 Å². The first-order chi connectivity index (χ1) is 24.7. The Bertz CT molecular complexity index is 2280. The minimum absolute atomic E-state index is 0.266. The quantitative estimate of drug-likeness (QED) is 0.154. The maximum atomic E-state index is 5.04. The van der Waals surface area contributed by atoms with E-state index in [0.29, 0.717) is 5.82 Å². The molecule has 0 fully saturated rings. The Kier molecular flexibility index (Phi) is 8.42. The molecule has 2 nitrogen and oxygen atoms in total. The van der Waals surface area contributed by atoms with Crippen LogP contribution in [0.4, 0.5) is 0 Å². The molecule has 7 aromatic rings. The van der Waals surface area contributed by atoms with Crippen LogP contribution in [0, 0.1) is 0 Å². The third-order valence-corrected chi connectivity index (χ3v) is 9.69. The number of aromatic nitrogens is 2. The van der Waals surface area contributed by atoms with Crippen LogP contribution >= 0.6 is 0 Å². The zero-order valence-corrected chi connectivity index (χ0v) is 27.8. The second-order valence-electron chi connectivity index (χ2n) is 12.7. The maximum Gasteiger partial charge on any atom is 0.160 e. The number of benzene rings is 6. The number of hydrogen-bond donors (Lipinski definition) is 0. The van der Waals surface area contributed by atoms with E-state index in [1.54, 1.807) is 0 Å². The Balaban J connectivity index is 1.14. The molecule has 50 heavy (non-hydrogen) atoms. The standard InChI is InChI=1S/C48H36N2/c1-35(17-16-22-40-34-48(41-23-10-4-11-24-41,42-25-12-5-13-26-42)44-28-15-14-27-43(40)44)45-33-46(38-20-8-3-9-21-38)50-47(49-45)39-31-29-37(30-32-39)36-18-6-2-7-19-36/h2-33H,1,34H2/b17-16-,40-22+. The van der Waals surface area contributed by atoms with Gasteiger partial charge in [-0.2, -0.15) is 0 Å². The predicted octanol–water partition coefficient (Wildman–Crippen LogP) is 11.9. The molecule has 0 atom stereocenters. The van der Waals surface area contributed by atoms with Crippen LogP contribution in [-0.2, 0) is 5.41 Å². The molecule has 6 aromatic carbocycles. The van der Waals surface area contributed by atoms with Crippen molar-refractivity contribution in [3.63, 3.8) is 0 Å². The Labute approximate surface area is 294 Å². The van der Waals surface area contributed by atoms with Crippen molar-refractivity contribution >= 4 is 11.1 Å². The molecule has 0 spiro atoms. The minimum Gasteiger partial charge on any atom is -0.228 e. The average Bonchev–Trinajstić information content (AvgIpc) is 3.54. The van der Waals surface area contributed by atoms with Crippen LogP contribution < -0.4 is 0 Å². The number of allylic oxidation sites excluding steroid dienone is 5. The van der Waals surface area contributed by atoms with E-state index >= 15 is 0 Å². The molecule has 1 heterocycles. The van der Waals surface area contributed by atoms with Crippen LogP contribution in [0.5, 0.6) is 0 Å². The summed E-state index contributed by atoms with van der Waals surface area (Å²) in [5, 5.41) is 0. The molecule has 238 valence electrons. The second-order valence-corrected chi connectivity index (χ2v) is 12.7. The molecule has 8 rings (SSSR count). The molecule has 0 unspecified atom stereocenters. The van der Waals surface area contributed by atoms with E-state index in [4.69, 9.17) is 9.97 Å². The van der Waals surface area contributed by atoms with Gasteiger partial charge in [-0.25, -0.2) is 9.97 Å². The highest BCUT2D eigenvalue weighted by Crippen LogP contribution is 2.53. The molecule has 0 saturated carbocycles. The lowest BCUT2D eigenvalue weighted by Gasteiger charge is -2.32. The zero-order valence-electron chi connectivity index (χ0n) is 27.8. The summed E-state index contributed by atoms with van der Waals surface area (Å²) in [5.74, 6) is 0.675. The summed E-state index contributed by atoms with van der Waals surface area (Å²) in [6.07, 6.45) is 7.31. The summed E-state index contributed by atoms with van der Waals surface area (Å²) in [5.41, 5.74) is 13.1. The van der Waals surface area contributed by atoms with Gasteiger partial charge < -0.3 is 0 Å². The van der Waals surface area contributed by atoms with Crippen molar-refractivity contribution in [2.75, 3.05) is 0 Å². The molecule has 2 heteroatoms. The lowest BCUT2D eigenvalue weighted by atomic mass is 9.70. The van der Waals surface area contributed by atoms with Gasteiger partial charge in [-0.1, -0.05) is 195 Å². The average molecular weight is 641 g/mol. The van der Waals surface area contributed by atoms with Crippen molar-refractivity contribution in [2.24, 2.45) is 0 Å². The first kappa shape index (κ1) is 30.9. The highest BCUT2D eigenvalue weighted by atomic mass is 14.9. The first-order valence-electron chi connectivity index (χ1n) is 17.1. The SMILES string of the molecule is C=C(/C=C\C=C1/CC(c2ccccc2)(c2ccccc2)c2ccccc21)c1cc(-c2ccccc2)nc(-c2ccc(-c3ccccc3)cc2)n1. The van der Waals surface area contributed by atoms with E-state index in [0.717, 1.165) is 40.1 Å². The summed E-state index contributed by atoms with van der Waals surface area (Å²) in [6, 6.07) is 61.8. The van der Waals surface area contributed by atoms with Gasteiger partial charge in [0.1, 0.15) is 0 Å². The zero-order chi connectivity index (χ0) is 33.8. The van der Waals surface area contributed by atoms with Crippen LogP contribution in [0.15, 0.2) is 201 Å². The van der Waals surface area contributed by atoms with Crippen molar-refractivity contribution in [3.8, 4) is 33.8 Å². The minimum atomic E-state index is -0.266. The first-order valence-corrected chi connectivity index (χ1v) is 17.1. The van der Waals surface area contributed by atoms with Gasteiger partial charge in [0.25, 0.3) is 0 Å². The van der Waals surface area contributed by atoms with Gasteiger partial charge in [0.05, 0.1) is 11.4 Å². The van der Waals surface area contributed by atoms with Gasteiger partial charge >= 0.3 is 0 Å². The van der Waals surface area contributed by atoms with Gasteiger partial charge in [0.2, 0.25) is 0 Å². The van der Waals surface area contributed by atoms with Crippen LogP contribution in [0.3, 0.4) is 0 Å². The predicted molar refractivity (Wildman–Crippen MR) is 208 cm³/mol. The van der Waals surface area contributed by atoms with Crippen molar-refractivity contribution in [3.05, 3.63) is 229 Å². The molecule has 1 aromatic heterocycles. The Morgan fingerprint density at radius 2 is 1.06 bits per heavy atom. The fourth-order valence-corrected chi connectivity index (χ4v) is 7.19. The van der Waals surface area contributed by atoms with E-state index in [9.17, 15) is 0 Å². The number of hydrogen-bond acceptors (Lipinski definition) is 2. The summed E-state index contributed by atoms with van der Waals surface area (Å²) in [7, 11) is 0. The summed E-state index contributed by atoms with van der Waals surface area (Å²) < 4.78 is 0. The smallest absolute Gasteiger partial charge is 0.160 e. The van der Waals surface area contributed by atoms with Gasteiger partial charge in [-0.15, -0.1) is 0 Å². The summed E-state index contributed by atoms with van der Waals surface area (Å²) >= 11 is 0. The van der Waals surface area contributed by atoms with E-state index < -0.39 is 0 Å². The number of fused-ring (bicyclic) bond motifs is 1. The van der Waals surface area contributed by atoms with Crippen molar-refractivity contribution < 1.29 is 0 Å². The highest BCUT2D eigenvalue weighted by molar-refractivity contribution is 5.82. The third kappa shape index (κ3) is 5.93. The van der Waals surface area contributed by atoms with Gasteiger partial charge in [-0.3, -0.25) is 0 Å². The van der Waals surface area contributed by atoms with E-state index in [2.05, 4.69) is 170 Å². The van der Waals surface area contributed by atoms with Gasteiger partial charge in [0.15, 0.2) is 5.82 Å². The normalized spacial score (nSPS) is 14.1. The lowest BCUT2D eigenvalue weighted by Crippen LogP contribution is -2.26. The van der Waals surface area contributed by atoms with Crippen LogP contribution in [-0.4, -0.2) is 9.97 Å². The molecule has 0 amide bonds. The Morgan fingerprint density at radius 3 is 1.70 bits per heavy atom. The molecule has 1 aliphatic rings. The molecule has 1 aliphatic carbocycles. The molecule has 0 bridgehead atoms. The van der Waals surface area contributed by atoms with E-state index in [1.807, 2.05) is 30.3 Å². The van der Waals surface area contributed by atoms with Crippen LogP contribution in [0.1, 0.15) is 34.4 Å². The molecule has 0 N–H and O–H groups in total. The van der Waals surface area contributed by atoms with Gasteiger partial charge in [-0.05, 0) is 57.0 Å². The molecule has 0 saturated heterocycles. The summed E-state index contributed by atoms with van der Waals surface area (Å²) in [4.78, 5) is 10.1. The summed E-state index contributed by atoms with van der Waals surface area (Å²) in [6.45, 7) is 4.47. The lowest BCUT2D eigenvalue weighted by molar-refractivity contribution is 0.662. The monoisotopic (exact) mass is 640 g/mol. The Hall–Kier alpha value is -6.38. The Morgan fingerprint density at radius 1 is 0.540 bits per heavy atom. The van der Waals surface area contributed by atoms with Crippen molar-refractivity contribution in [1.29, 1.82) is 0 Å². The topological polar surface area (TPSA) is 25.8 Å². The van der Waals surface area contributed by atoms with E-state index in [1.165, 1.54) is 33.4 Å². The molecule has 0 aliphatic heterocycles. The molecular weight excluding hydrogens is 605 g/mol. The van der Waals surface area contributed by atoms with Crippen molar-refractivity contribution in [1.82, 2.24) is 9.97 Å². The largest absolute Gasteiger partial charge is 0.228 e. The molecule has 0 radical (unpaired) electrons. The van der Waals surface area contributed by atoms with Crippen LogP contribution in [0.25, 0.3) is 44.9 Å². The fourth-order valence-electron chi connectivity index (χ4n) is 7.19. The maximum absolute atomic E-state index is 5.04. The fraction of sp³-hybridized carbons (Fsp3) is 0.0417.